The number of anilines is 1. The van der Waals surface area contributed by atoms with Crippen molar-refractivity contribution in [2.75, 3.05) is 45.0 Å². The van der Waals surface area contributed by atoms with Crippen molar-refractivity contribution in [2.24, 2.45) is 0 Å². The predicted octanol–water partition coefficient (Wildman–Crippen LogP) is 4.06. The number of fused-ring (bicyclic) bond motifs is 1. The first-order valence-corrected chi connectivity index (χ1v) is 12.3. The van der Waals surface area contributed by atoms with Gasteiger partial charge in [0.2, 0.25) is 0 Å². The van der Waals surface area contributed by atoms with E-state index >= 15 is 0 Å². The first-order chi connectivity index (χ1) is 19.1. The van der Waals surface area contributed by atoms with E-state index in [1.807, 2.05) is 0 Å². The Kier molecular flexibility index (Phi) is 9.07. The second-order valence-corrected chi connectivity index (χ2v) is 8.98. The molecule has 3 aromatic rings. The average molecular weight is 565 g/mol. The molecule has 4 rings (SSSR count). The molecule has 0 aliphatic carbocycles. The lowest BCUT2D eigenvalue weighted by molar-refractivity contribution is -0.153. The number of amides is 1. The number of carboxylic acid groups (broad SMARTS) is 1. The van der Waals surface area contributed by atoms with Gasteiger partial charge in [-0.3, -0.25) is 9.69 Å². The van der Waals surface area contributed by atoms with Gasteiger partial charge < -0.3 is 29.0 Å². The highest BCUT2D eigenvalue weighted by Gasteiger charge is 2.36. The number of hydrogen-bond acceptors (Lipinski definition) is 7. The van der Waals surface area contributed by atoms with Gasteiger partial charge in [-0.1, -0.05) is 24.3 Å². The summed E-state index contributed by atoms with van der Waals surface area (Å²) in [5, 5.41) is 10.0. The number of pyridine rings is 1. The number of nitrogens with one attached hydrogen (secondary N) is 1. The van der Waals surface area contributed by atoms with E-state index in [0.29, 0.717) is 24.3 Å². The highest BCUT2D eigenvalue weighted by Crippen LogP contribution is 2.37. The fourth-order valence-electron chi connectivity index (χ4n) is 4.35. The Morgan fingerprint density at radius 3 is 2.60 bits per heavy atom. The van der Waals surface area contributed by atoms with Gasteiger partial charge in [0, 0.05) is 35.9 Å². The molecule has 1 fully saturated rings. The fourth-order valence-corrected chi connectivity index (χ4v) is 4.35. The van der Waals surface area contributed by atoms with E-state index in [1.165, 1.54) is 54.5 Å². The summed E-state index contributed by atoms with van der Waals surface area (Å²) < 4.78 is 61.3. The van der Waals surface area contributed by atoms with Crippen LogP contribution >= 0.6 is 0 Å². The second-order valence-electron chi connectivity index (χ2n) is 8.98. The van der Waals surface area contributed by atoms with Gasteiger partial charge in [0.25, 0.3) is 5.56 Å². The number of aliphatic carboxylic acids is 1. The molecule has 40 heavy (non-hydrogen) atoms. The van der Waals surface area contributed by atoms with Crippen molar-refractivity contribution in [2.45, 2.75) is 24.8 Å². The maximum atomic E-state index is 13.5. The van der Waals surface area contributed by atoms with Crippen LogP contribution in [0, 0.1) is 0 Å². The molecule has 2 aromatic carbocycles. The number of carboxylic acids is 1. The summed E-state index contributed by atoms with van der Waals surface area (Å²) in [5.41, 5.74) is -1.37. The van der Waals surface area contributed by atoms with Crippen LogP contribution in [0.4, 0.5) is 23.7 Å². The molecule has 2 atom stereocenters. The number of alkyl halides is 3. The molecule has 0 saturated carbocycles. The van der Waals surface area contributed by atoms with E-state index in [4.69, 9.17) is 18.9 Å². The van der Waals surface area contributed by atoms with Crippen LogP contribution in [0.2, 0.25) is 0 Å². The average Bonchev–Trinajstić information content (AvgIpc) is 3.29. The third kappa shape index (κ3) is 6.79. The van der Waals surface area contributed by atoms with Crippen molar-refractivity contribution in [3.05, 3.63) is 64.4 Å². The molecule has 1 aliphatic heterocycles. The van der Waals surface area contributed by atoms with Crippen LogP contribution in [0.3, 0.4) is 0 Å². The SMILES string of the molecule is COCCOCCOC(CC1CN(c2ccc3cc(-c4ccccc4C(F)(F)F)[nH]c(=O)c3c2)C(=O)O1)C(=O)O. The molecular weight excluding hydrogens is 537 g/mol. The minimum atomic E-state index is -4.61. The van der Waals surface area contributed by atoms with Crippen LogP contribution in [0.5, 0.6) is 0 Å². The molecular formula is C27H27F3N2O8. The standard InChI is InChI=1S/C27H27F3N2O8/c1-37-8-9-38-10-11-39-23(25(34)35)14-18-15-32(26(36)40-18)17-7-6-16-12-22(31-24(33)20(16)13-17)19-4-2-3-5-21(19)27(28,29)30/h2-7,12-13,18,23H,8-11,14-15H2,1H3,(H,31,33)(H,34,35). The Morgan fingerprint density at radius 2 is 1.88 bits per heavy atom. The number of cyclic esters (lactones) is 1. The molecule has 1 aromatic heterocycles. The van der Waals surface area contributed by atoms with Crippen molar-refractivity contribution in [1.29, 1.82) is 0 Å². The van der Waals surface area contributed by atoms with Crippen LogP contribution in [0.25, 0.3) is 22.0 Å². The molecule has 1 saturated heterocycles. The van der Waals surface area contributed by atoms with Crippen LogP contribution < -0.4 is 10.5 Å². The van der Waals surface area contributed by atoms with Crippen molar-refractivity contribution >= 4 is 28.5 Å². The summed E-state index contributed by atoms with van der Waals surface area (Å²) >= 11 is 0. The number of aromatic nitrogens is 1. The smallest absolute Gasteiger partial charge is 0.417 e. The Morgan fingerprint density at radius 1 is 1.12 bits per heavy atom. The normalized spacial score (nSPS) is 16.4. The zero-order chi connectivity index (χ0) is 28.9. The van der Waals surface area contributed by atoms with E-state index in [0.717, 1.165) is 6.07 Å². The Balaban J connectivity index is 1.48. The van der Waals surface area contributed by atoms with Gasteiger partial charge >= 0.3 is 18.2 Å². The lowest BCUT2D eigenvalue weighted by Gasteiger charge is -2.17. The van der Waals surface area contributed by atoms with E-state index < -0.39 is 41.6 Å². The molecule has 0 radical (unpaired) electrons. The molecule has 13 heteroatoms. The van der Waals surface area contributed by atoms with Crippen molar-refractivity contribution in [3.8, 4) is 11.3 Å². The van der Waals surface area contributed by atoms with Gasteiger partial charge in [0.15, 0.2) is 6.10 Å². The molecule has 1 amide bonds. The minimum Gasteiger partial charge on any atom is -0.479 e. The molecule has 2 unspecified atom stereocenters. The van der Waals surface area contributed by atoms with Crippen LogP contribution in [0.15, 0.2) is 53.3 Å². The number of halogens is 3. The largest absolute Gasteiger partial charge is 0.479 e. The quantitative estimate of drug-likeness (QED) is 0.316. The number of nitrogens with zero attached hydrogens (tertiary/aromatic N) is 1. The molecule has 0 bridgehead atoms. The van der Waals surface area contributed by atoms with Crippen LogP contribution in [-0.4, -0.2) is 74.4 Å². The summed E-state index contributed by atoms with van der Waals surface area (Å²) in [6.45, 7) is 0.928. The Hall–Kier alpha value is -3.94. The lowest BCUT2D eigenvalue weighted by Crippen LogP contribution is -2.32. The summed E-state index contributed by atoms with van der Waals surface area (Å²) in [6, 6.07) is 10.8. The first-order valence-electron chi connectivity index (χ1n) is 12.3. The number of benzene rings is 2. The first kappa shape index (κ1) is 29.1. The number of rotatable bonds is 12. The number of methoxy groups -OCH3 is 1. The van der Waals surface area contributed by atoms with Gasteiger partial charge in [0.1, 0.15) is 6.10 Å². The number of carbonyl (C=O) groups excluding carboxylic acids is 1. The number of H-pyrrole nitrogens is 1. The van der Waals surface area contributed by atoms with Gasteiger partial charge in [-0.25, -0.2) is 9.59 Å². The van der Waals surface area contributed by atoms with Crippen molar-refractivity contribution < 1.29 is 46.8 Å². The van der Waals surface area contributed by atoms with E-state index in [1.54, 1.807) is 0 Å². The summed E-state index contributed by atoms with van der Waals surface area (Å²) in [5.74, 6) is -1.22. The van der Waals surface area contributed by atoms with Crippen LogP contribution in [0.1, 0.15) is 12.0 Å². The third-order valence-electron chi connectivity index (χ3n) is 6.27. The van der Waals surface area contributed by atoms with Crippen molar-refractivity contribution in [1.82, 2.24) is 4.98 Å². The van der Waals surface area contributed by atoms with Gasteiger partial charge in [-0.2, -0.15) is 13.2 Å². The minimum absolute atomic E-state index is 0.00244. The fraction of sp³-hybridized carbons (Fsp3) is 0.370. The lowest BCUT2D eigenvalue weighted by atomic mass is 10.0. The highest BCUT2D eigenvalue weighted by atomic mass is 19.4. The summed E-state index contributed by atoms with van der Waals surface area (Å²) in [7, 11) is 1.53. The third-order valence-corrected chi connectivity index (χ3v) is 6.27. The number of hydrogen-bond donors (Lipinski definition) is 2. The Bertz CT molecular complexity index is 1420. The Labute approximate surface area is 226 Å². The second kappa shape index (κ2) is 12.5. The number of carbonyl (C=O) groups is 2. The predicted molar refractivity (Wildman–Crippen MR) is 137 cm³/mol. The monoisotopic (exact) mass is 564 g/mol. The van der Waals surface area contributed by atoms with Crippen molar-refractivity contribution in [3.63, 3.8) is 0 Å². The van der Waals surface area contributed by atoms with E-state index in [9.17, 15) is 32.7 Å². The summed E-state index contributed by atoms with van der Waals surface area (Å²) in [6.07, 6.45) is -7.48. The molecule has 1 aliphatic rings. The molecule has 2 heterocycles. The van der Waals surface area contributed by atoms with E-state index in [-0.39, 0.29) is 42.8 Å². The molecule has 2 N–H and O–H groups in total. The maximum absolute atomic E-state index is 13.5. The summed E-state index contributed by atoms with van der Waals surface area (Å²) in [4.78, 5) is 40.9. The highest BCUT2D eigenvalue weighted by molar-refractivity contribution is 5.95. The number of aromatic amines is 1. The topological polar surface area (TPSA) is 127 Å². The van der Waals surface area contributed by atoms with Crippen LogP contribution in [-0.2, 0) is 29.9 Å². The molecule has 214 valence electrons. The maximum Gasteiger partial charge on any atom is 0.417 e. The zero-order valence-electron chi connectivity index (χ0n) is 21.4. The van der Waals surface area contributed by atoms with Gasteiger partial charge in [0.05, 0.1) is 38.5 Å². The zero-order valence-corrected chi connectivity index (χ0v) is 21.4. The van der Waals surface area contributed by atoms with E-state index in [2.05, 4.69) is 4.98 Å². The van der Waals surface area contributed by atoms with Gasteiger partial charge in [-0.15, -0.1) is 0 Å². The molecule has 10 nitrogen and oxygen atoms in total. The number of ether oxygens (including phenoxy) is 4. The van der Waals surface area contributed by atoms with Gasteiger partial charge in [-0.05, 0) is 29.7 Å². The molecule has 0 spiro atoms.